The molecule has 2 nitrogen and oxygen atoms in total. The van der Waals surface area contributed by atoms with Gasteiger partial charge in [-0.1, -0.05) is 17.7 Å². The maximum atomic E-state index is 11.2. The van der Waals surface area contributed by atoms with Gasteiger partial charge in [-0.15, -0.1) is 0 Å². The van der Waals surface area contributed by atoms with Crippen LogP contribution in [0.3, 0.4) is 0 Å². The van der Waals surface area contributed by atoms with Crippen molar-refractivity contribution in [3.63, 3.8) is 0 Å². The lowest BCUT2D eigenvalue weighted by Crippen LogP contribution is -1.94. The Hall–Kier alpha value is -2.09. The van der Waals surface area contributed by atoms with Crippen molar-refractivity contribution in [2.45, 2.75) is 13.8 Å². The molecule has 0 unspecified atom stereocenters. The molecule has 0 spiro atoms. The summed E-state index contributed by atoms with van der Waals surface area (Å²) >= 11 is 0. The summed E-state index contributed by atoms with van der Waals surface area (Å²) in [6.45, 7) is 4.04. The van der Waals surface area contributed by atoms with E-state index in [0.717, 1.165) is 34.0 Å². The van der Waals surface area contributed by atoms with E-state index in [0.29, 0.717) is 0 Å². The number of hydrogen-bond acceptors (Lipinski definition) is 1. The van der Waals surface area contributed by atoms with Gasteiger partial charge in [0.15, 0.2) is 6.29 Å². The first kappa shape index (κ1) is 10.1. The largest absolute Gasteiger partial charge is 0.307 e. The summed E-state index contributed by atoms with van der Waals surface area (Å²) in [5.74, 6) is 0. The monoisotopic (exact) mass is 223 g/mol. The van der Waals surface area contributed by atoms with E-state index in [9.17, 15) is 4.79 Å². The fourth-order valence-electron chi connectivity index (χ4n) is 2.40. The van der Waals surface area contributed by atoms with Gasteiger partial charge in [0.25, 0.3) is 0 Å². The Labute approximate surface area is 99.5 Å². The number of carbonyl (C=O) groups excluding carboxylic acids is 1. The summed E-state index contributed by atoms with van der Waals surface area (Å²) < 4.78 is 2.02. The number of rotatable bonds is 1. The first-order chi connectivity index (χ1) is 8.20. The average Bonchev–Trinajstić information content (AvgIpc) is 2.64. The van der Waals surface area contributed by atoms with Crippen molar-refractivity contribution in [1.29, 1.82) is 0 Å². The molecule has 84 valence electrons. The zero-order valence-electron chi connectivity index (χ0n) is 9.90. The molecule has 2 heterocycles. The predicted molar refractivity (Wildman–Crippen MR) is 69.8 cm³/mol. The first-order valence-electron chi connectivity index (χ1n) is 5.67. The molecule has 0 saturated carbocycles. The SMILES string of the molecule is Cc1ccc2c(ccc3cc(C)c(C=O)n32)c1. The molecule has 0 atom stereocenters. The topological polar surface area (TPSA) is 21.5 Å². The number of benzene rings is 1. The Kier molecular flexibility index (Phi) is 2.05. The molecule has 0 fully saturated rings. The van der Waals surface area contributed by atoms with Crippen LogP contribution in [0.1, 0.15) is 21.6 Å². The summed E-state index contributed by atoms with van der Waals surface area (Å²) in [7, 11) is 0. The summed E-state index contributed by atoms with van der Waals surface area (Å²) in [6, 6.07) is 12.5. The van der Waals surface area contributed by atoms with Gasteiger partial charge in [0.05, 0.1) is 11.2 Å². The van der Waals surface area contributed by atoms with Crippen LogP contribution >= 0.6 is 0 Å². The molecular formula is C15H13NO. The Morgan fingerprint density at radius 3 is 2.65 bits per heavy atom. The minimum absolute atomic E-state index is 0.745. The highest BCUT2D eigenvalue weighted by molar-refractivity contribution is 5.89. The average molecular weight is 223 g/mol. The second-order valence-corrected chi connectivity index (χ2v) is 4.49. The number of aromatic nitrogens is 1. The van der Waals surface area contributed by atoms with E-state index in [-0.39, 0.29) is 0 Å². The Balaban J connectivity index is 2.57. The van der Waals surface area contributed by atoms with E-state index in [1.807, 2.05) is 17.4 Å². The van der Waals surface area contributed by atoms with Crippen molar-refractivity contribution in [2.24, 2.45) is 0 Å². The van der Waals surface area contributed by atoms with E-state index < -0.39 is 0 Å². The third kappa shape index (κ3) is 1.37. The third-order valence-corrected chi connectivity index (χ3v) is 3.24. The van der Waals surface area contributed by atoms with Crippen molar-refractivity contribution >= 4 is 22.7 Å². The fraction of sp³-hybridized carbons (Fsp3) is 0.133. The van der Waals surface area contributed by atoms with Gasteiger partial charge in [-0.05, 0) is 49.1 Å². The van der Waals surface area contributed by atoms with E-state index in [1.54, 1.807) is 0 Å². The van der Waals surface area contributed by atoms with Crippen molar-refractivity contribution in [3.05, 3.63) is 53.2 Å². The predicted octanol–water partition coefficient (Wildman–Crippen LogP) is 3.52. The highest BCUT2D eigenvalue weighted by Gasteiger charge is 2.08. The minimum Gasteiger partial charge on any atom is -0.307 e. The van der Waals surface area contributed by atoms with Crippen molar-refractivity contribution in [3.8, 4) is 0 Å². The normalized spacial score (nSPS) is 11.2. The fourth-order valence-corrected chi connectivity index (χ4v) is 2.40. The van der Waals surface area contributed by atoms with E-state index >= 15 is 0 Å². The molecule has 1 aromatic carbocycles. The number of aryl methyl sites for hydroxylation is 2. The number of fused-ring (bicyclic) bond motifs is 3. The molecule has 0 N–H and O–H groups in total. The summed E-state index contributed by atoms with van der Waals surface area (Å²) in [6.07, 6.45) is 0.932. The highest BCUT2D eigenvalue weighted by atomic mass is 16.1. The molecular weight excluding hydrogens is 210 g/mol. The number of hydrogen-bond donors (Lipinski definition) is 0. The molecule has 2 heteroatoms. The quantitative estimate of drug-likeness (QED) is 0.578. The van der Waals surface area contributed by atoms with Gasteiger partial charge in [0.1, 0.15) is 0 Å². The highest BCUT2D eigenvalue weighted by Crippen LogP contribution is 2.23. The summed E-state index contributed by atoms with van der Waals surface area (Å²) in [5.41, 5.74) is 5.15. The molecule has 0 aliphatic carbocycles. The van der Waals surface area contributed by atoms with Crippen LogP contribution in [0.2, 0.25) is 0 Å². The zero-order chi connectivity index (χ0) is 12.0. The van der Waals surface area contributed by atoms with Gasteiger partial charge >= 0.3 is 0 Å². The molecule has 0 amide bonds. The third-order valence-electron chi connectivity index (χ3n) is 3.24. The zero-order valence-corrected chi connectivity index (χ0v) is 9.90. The minimum atomic E-state index is 0.745. The molecule has 0 radical (unpaired) electrons. The Morgan fingerprint density at radius 1 is 1.06 bits per heavy atom. The number of carbonyl (C=O) groups is 1. The molecule has 0 bridgehead atoms. The van der Waals surface area contributed by atoms with Crippen LogP contribution in [0, 0.1) is 13.8 Å². The second-order valence-electron chi connectivity index (χ2n) is 4.49. The van der Waals surface area contributed by atoms with Crippen molar-refractivity contribution in [2.75, 3.05) is 0 Å². The van der Waals surface area contributed by atoms with Crippen LogP contribution in [-0.2, 0) is 0 Å². The maximum Gasteiger partial charge on any atom is 0.167 e. The molecule has 17 heavy (non-hydrogen) atoms. The summed E-state index contributed by atoms with van der Waals surface area (Å²) in [5, 5.41) is 1.16. The van der Waals surface area contributed by atoms with Crippen LogP contribution in [-0.4, -0.2) is 10.7 Å². The van der Waals surface area contributed by atoms with Gasteiger partial charge in [0.2, 0.25) is 0 Å². The van der Waals surface area contributed by atoms with Crippen molar-refractivity contribution in [1.82, 2.24) is 4.40 Å². The van der Waals surface area contributed by atoms with Crippen LogP contribution < -0.4 is 0 Å². The summed E-state index contributed by atoms with van der Waals surface area (Å²) in [4.78, 5) is 11.2. The van der Waals surface area contributed by atoms with Crippen LogP contribution in [0.5, 0.6) is 0 Å². The number of aldehydes is 1. The second kappa shape index (κ2) is 3.45. The molecule has 0 saturated heterocycles. The lowest BCUT2D eigenvalue weighted by atomic mass is 10.1. The molecule has 0 aliphatic heterocycles. The van der Waals surface area contributed by atoms with E-state index in [1.165, 1.54) is 5.56 Å². The lowest BCUT2D eigenvalue weighted by Gasteiger charge is -2.05. The van der Waals surface area contributed by atoms with E-state index in [2.05, 4.69) is 37.3 Å². The van der Waals surface area contributed by atoms with Gasteiger partial charge in [-0.3, -0.25) is 4.79 Å². The van der Waals surface area contributed by atoms with Crippen molar-refractivity contribution < 1.29 is 4.79 Å². The van der Waals surface area contributed by atoms with Crippen LogP contribution in [0.15, 0.2) is 36.4 Å². The lowest BCUT2D eigenvalue weighted by molar-refractivity contribution is 0.111. The maximum absolute atomic E-state index is 11.2. The number of nitrogens with zero attached hydrogens (tertiary/aromatic N) is 1. The van der Waals surface area contributed by atoms with Crippen LogP contribution in [0.4, 0.5) is 0 Å². The van der Waals surface area contributed by atoms with E-state index in [4.69, 9.17) is 0 Å². The molecule has 2 aromatic heterocycles. The first-order valence-corrected chi connectivity index (χ1v) is 5.67. The van der Waals surface area contributed by atoms with Gasteiger partial charge in [-0.2, -0.15) is 0 Å². The molecule has 3 rings (SSSR count). The Bertz CT molecular complexity index is 737. The molecule has 0 aliphatic rings. The standard InChI is InChI=1S/C15H13NO/c1-10-3-6-14-12(7-10)4-5-13-8-11(2)15(9-17)16(13)14/h3-9H,1-2H3. The molecule has 3 aromatic rings. The van der Waals surface area contributed by atoms with Crippen LogP contribution in [0.25, 0.3) is 16.4 Å². The number of pyridine rings is 1. The smallest absolute Gasteiger partial charge is 0.167 e. The Morgan fingerprint density at radius 2 is 1.88 bits per heavy atom. The van der Waals surface area contributed by atoms with Gasteiger partial charge < -0.3 is 4.40 Å². The van der Waals surface area contributed by atoms with Gasteiger partial charge in [-0.25, -0.2) is 0 Å². The van der Waals surface area contributed by atoms with Gasteiger partial charge in [0, 0.05) is 5.52 Å².